The van der Waals surface area contributed by atoms with Crippen molar-refractivity contribution in [2.75, 3.05) is 24.7 Å². The summed E-state index contributed by atoms with van der Waals surface area (Å²) in [5, 5.41) is 4.25. The highest BCUT2D eigenvalue weighted by molar-refractivity contribution is 8.07. The Morgan fingerprint density at radius 1 is 1.05 bits per heavy atom. The topological polar surface area (TPSA) is 242 Å². The maximum atomic E-state index is 15.9. The van der Waals surface area contributed by atoms with Gasteiger partial charge in [0.05, 0.1) is 37.9 Å². The number of nitrogens with one attached hydrogen (secondary N) is 1. The molecule has 4 aromatic rings. The van der Waals surface area contributed by atoms with Crippen LogP contribution in [0, 0.1) is 0 Å². The van der Waals surface area contributed by atoms with Crippen molar-refractivity contribution in [1.82, 2.24) is 34.1 Å². The summed E-state index contributed by atoms with van der Waals surface area (Å²) in [6.07, 6.45) is -4.44. The second-order valence-electron chi connectivity index (χ2n) is 10.1. The number of halogens is 1. The van der Waals surface area contributed by atoms with Crippen LogP contribution >= 0.6 is 13.4 Å². The van der Waals surface area contributed by atoms with Gasteiger partial charge in [0.2, 0.25) is 5.95 Å². The SMILES string of the molecule is Nc1nc2c(ncn2[C@@H]2O[C@@H]3COP(O)(=S)O[C@H]4C[C@H](c5cnn6c(N)ccnc56)O[C@@H]4COP(O)(=S)O[C@@H]2[C@@H]3F)c(=O)[nH]1. The lowest BCUT2D eigenvalue weighted by atomic mass is 10.1. The quantitative estimate of drug-likeness (QED) is 0.178. The number of anilines is 2. The van der Waals surface area contributed by atoms with E-state index in [0.717, 1.165) is 0 Å². The Hall–Kier alpha value is -2.52. The Morgan fingerprint density at radius 2 is 1.80 bits per heavy atom. The van der Waals surface area contributed by atoms with Gasteiger partial charge in [0.15, 0.2) is 29.2 Å². The van der Waals surface area contributed by atoms with Crippen LogP contribution in [0.1, 0.15) is 24.3 Å². The summed E-state index contributed by atoms with van der Waals surface area (Å²) in [4.78, 5) is 49.0. The van der Waals surface area contributed by atoms with E-state index in [2.05, 4.69) is 25.0 Å². The third-order valence-corrected chi connectivity index (χ3v) is 10.5. The van der Waals surface area contributed by atoms with Crippen LogP contribution in [0.3, 0.4) is 0 Å². The summed E-state index contributed by atoms with van der Waals surface area (Å²) >= 11 is 10.5. The van der Waals surface area contributed by atoms with Crippen molar-refractivity contribution in [1.29, 1.82) is 0 Å². The minimum absolute atomic E-state index is 0.0420. The van der Waals surface area contributed by atoms with Gasteiger partial charge >= 0.3 is 13.4 Å². The number of nitrogens with zero attached hydrogens (tertiary/aromatic N) is 6. The zero-order chi connectivity index (χ0) is 31.0. The van der Waals surface area contributed by atoms with Crippen LogP contribution in [0.2, 0.25) is 0 Å². The standard InChI is InChI=1S/C21H24FN9O9P2S2/c22-14-12-6-36-41(33,43)39-10-3-9(8-4-27-31-13(23)1-2-25-17(8)31)37-11(10)5-35-42(34,44)40-16(14)20(38-12)30-7-26-15-18(30)28-21(24)29-19(15)32/h1-2,4,7,9-12,14,16,20H,3,5-6,23H2,(H,33,43)(H,34,44)(H3,24,28,29,32)/t9-,10+,11-,12-,14-,16-,20-,41?,42?/m1/s1. The van der Waals surface area contributed by atoms with Gasteiger partial charge in [0.25, 0.3) is 5.56 Å². The molecular weight excluding hydrogens is 667 g/mol. The molecule has 2 unspecified atom stereocenters. The molecular formula is C21H24FN9O9P2S2. The number of fused-ring (bicyclic) bond motifs is 5. The molecule has 18 nitrogen and oxygen atoms in total. The molecule has 7 heterocycles. The third kappa shape index (κ3) is 5.46. The van der Waals surface area contributed by atoms with E-state index < -0.39 is 68.5 Å². The third-order valence-electron chi connectivity index (χ3n) is 7.32. The first-order valence-electron chi connectivity index (χ1n) is 13.0. The van der Waals surface area contributed by atoms with Crippen LogP contribution in [-0.2, 0) is 51.2 Å². The van der Waals surface area contributed by atoms with E-state index in [9.17, 15) is 14.6 Å². The minimum atomic E-state index is -4.20. The normalized spacial score (nSPS) is 36.6. The maximum Gasteiger partial charge on any atom is 0.325 e. The molecule has 7 N–H and O–H groups in total. The van der Waals surface area contributed by atoms with Gasteiger partial charge in [-0.15, -0.1) is 0 Å². The van der Waals surface area contributed by atoms with E-state index in [0.29, 0.717) is 17.0 Å². The molecule has 236 valence electrons. The summed E-state index contributed by atoms with van der Waals surface area (Å²) in [6.45, 7) is -9.18. The number of hydrogen-bond donors (Lipinski definition) is 5. The van der Waals surface area contributed by atoms with E-state index in [1.54, 1.807) is 12.3 Å². The fourth-order valence-corrected chi connectivity index (χ4v) is 8.22. The fourth-order valence-electron chi connectivity index (χ4n) is 5.35. The lowest BCUT2D eigenvalue weighted by molar-refractivity contribution is -0.0553. The number of alkyl halides is 1. The zero-order valence-electron chi connectivity index (χ0n) is 22.2. The zero-order valence-corrected chi connectivity index (χ0v) is 25.6. The number of H-pyrrole nitrogens is 1. The molecule has 0 aromatic carbocycles. The summed E-state index contributed by atoms with van der Waals surface area (Å²) in [7, 11) is 0. The molecule has 3 saturated heterocycles. The number of ether oxygens (including phenoxy) is 2. The lowest BCUT2D eigenvalue weighted by Crippen LogP contribution is -2.32. The van der Waals surface area contributed by atoms with Gasteiger partial charge in [-0.25, -0.2) is 14.4 Å². The second kappa shape index (κ2) is 11.1. The average Bonchev–Trinajstić information content (AvgIpc) is 3.72. The Balaban J connectivity index is 1.19. The number of aromatic amines is 1. The first kappa shape index (κ1) is 30.2. The molecule has 7 rings (SSSR count). The molecule has 2 bridgehead atoms. The van der Waals surface area contributed by atoms with E-state index in [1.165, 1.54) is 21.6 Å². The largest absolute Gasteiger partial charge is 0.384 e. The highest BCUT2D eigenvalue weighted by atomic mass is 32.5. The van der Waals surface area contributed by atoms with Crippen LogP contribution in [0.25, 0.3) is 16.8 Å². The van der Waals surface area contributed by atoms with Crippen molar-refractivity contribution in [3.63, 3.8) is 0 Å². The van der Waals surface area contributed by atoms with Crippen molar-refractivity contribution < 1.29 is 41.7 Å². The van der Waals surface area contributed by atoms with Gasteiger partial charge in [0, 0.05) is 18.2 Å². The van der Waals surface area contributed by atoms with Crippen molar-refractivity contribution in [3.05, 3.63) is 40.7 Å². The van der Waals surface area contributed by atoms with Crippen LogP contribution in [0.5, 0.6) is 0 Å². The average molecular weight is 692 g/mol. The predicted octanol–water partition coefficient (Wildman–Crippen LogP) is 0.343. The van der Waals surface area contributed by atoms with Crippen LogP contribution in [0.15, 0.2) is 29.6 Å². The molecule has 0 spiro atoms. The Bertz CT molecular complexity index is 1910. The molecule has 9 atom stereocenters. The highest BCUT2D eigenvalue weighted by Crippen LogP contribution is 2.54. The summed E-state index contributed by atoms with van der Waals surface area (Å²) in [6, 6.07) is 1.59. The molecule has 0 radical (unpaired) electrons. The second-order valence-corrected chi connectivity index (χ2v) is 15.7. The van der Waals surface area contributed by atoms with E-state index in [1.807, 2.05) is 0 Å². The molecule has 44 heavy (non-hydrogen) atoms. The Morgan fingerprint density at radius 3 is 2.59 bits per heavy atom. The smallest absolute Gasteiger partial charge is 0.325 e. The number of rotatable bonds is 2. The van der Waals surface area contributed by atoms with Gasteiger partial charge in [-0.1, -0.05) is 0 Å². The molecule has 3 fully saturated rings. The number of imidazole rings is 1. The molecule has 0 amide bonds. The molecule has 23 heteroatoms. The van der Waals surface area contributed by atoms with Gasteiger partial charge in [-0.05, 0) is 29.7 Å². The number of aromatic nitrogens is 7. The molecule has 0 aliphatic carbocycles. The van der Waals surface area contributed by atoms with Crippen LogP contribution in [-0.4, -0.2) is 87.7 Å². The summed E-state index contributed by atoms with van der Waals surface area (Å²) in [5.74, 6) is 0.134. The highest BCUT2D eigenvalue weighted by Gasteiger charge is 2.51. The summed E-state index contributed by atoms with van der Waals surface area (Å²) < 4.78 is 53.1. The number of nitrogens with two attached hydrogens (primary N) is 2. The van der Waals surface area contributed by atoms with E-state index >= 15 is 4.39 Å². The van der Waals surface area contributed by atoms with E-state index in [4.69, 9.17) is 62.6 Å². The van der Waals surface area contributed by atoms with Gasteiger partial charge < -0.3 is 44.3 Å². The number of hydrogen-bond acceptors (Lipinski definition) is 15. The monoisotopic (exact) mass is 691 g/mol. The van der Waals surface area contributed by atoms with Gasteiger partial charge in [-0.3, -0.25) is 18.9 Å². The van der Waals surface area contributed by atoms with E-state index in [-0.39, 0.29) is 30.1 Å². The first-order chi connectivity index (χ1) is 20.9. The maximum absolute atomic E-state index is 15.9. The first-order valence-corrected chi connectivity index (χ1v) is 18.1. The summed E-state index contributed by atoms with van der Waals surface area (Å²) in [5.41, 5.74) is 11.9. The minimum Gasteiger partial charge on any atom is -0.384 e. The van der Waals surface area contributed by atoms with Crippen LogP contribution in [0.4, 0.5) is 16.2 Å². The fraction of sp³-hybridized carbons (Fsp3) is 0.476. The predicted molar refractivity (Wildman–Crippen MR) is 156 cm³/mol. The van der Waals surface area contributed by atoms with Crippen LogP contribution < -0.4 is 17.0 Å². The van der Waals surface area contributed by atoms with Crippen molar-refractivity contribution in [3.8, 4) is 0 Å². The molecule has 0 saturated carbocycles. The van der Waals surface area contributed by atoms with Crippen molar-refractivity contribution >= 4 is 65.6 Å². The van der Waals surface area contributed by atoms with Gasteiger partial charge in [0.1, 0.15) is 24.1 Å². The molecule has 3 aliphatic heterocycles. The Kier molecular flexibility index (Phi) is 7.59. The van der Waals surface area contributed by atoms with Crippen molar-refractivity contribution in [2.24, 2.45) is 0 Å². The van der Waals surface area contributed by atoms with Gasteiger partial charge in [-0.2, -0.15) is 14.6 Å². The Labute approximate surface area is 255 Å². The molecule has 3 aliphatic rings. The van der Waals surface area contributed by atoms with Crippen molar-refractivity contribution in [2.45, 2.75) is 49.3 Å². The number of nitrogen functional groups attached to an aromatic ring is 2. The molecule has 4 aromatic heterocycles. The lowest BCUT2D eigenvalue weighted by Gasteiger charge is -2.27.